The van der Waals surface area contributed by atoms with Gasteiger partial charge >= 0.3 is 5.97 Å². The molecule has 3 aromatic carbocycles. The van der Waals surface area contributed by atoms with E-state index in [4.69, 9.17) is 4.74 Å². The summed E-state index contributed by atoms with van der Waals surface area (Å²) in [5.41, 5.74) is 3.39. The first-order valence-corrected chi connectivity index (χ1v) is 11.2. The van der Waals surface area contributed by atoms with Crippen molar-refractivity contribution in [3.63, 3.8) is 0 Å². The third-order valence-corrected chi connectivity index (χ3v) is 6.25. The minimum Gasteiger partial charge on any atom is -0.494 e. The first kappa shape index (κ1) is 20.4. The summed E-state index contributed by atoms with van der Waals surface area (Å²) >= 11 is 1.60. The number of unbranched alkanes of at least 4 members (excludes halogenated alkanes) is 3. The SMILES string of the molecule is CCCCCCOc1ccc(N2c3ccccc3Sc3cc(C(=O)O)ccc32)cc1. The van der Waals surface area contributed by atoms with Crippen molar-refractivity contribution in [2.75, 3.05) is 11.5 Å². The van der Waals surface area contributed by atoms with Crippen LogP contribution in [0.25, 0.3) is 0 Å². The molecule has 1 N–H and O–H groups in total. The van der Waals surface area contributed by atoms with Crippen molar-refractivity contribution in [1.29, 1.82) is 0 Å². The van der Waals surface area contributed by atoms with Gasteiger partial charge < -0.3 is 14.7 Å². The van der Waals surface area contributed by atoms with Gasteiger partial charge in [-0.2, -0.15) is 0 Å². The third kappa shape index (κ3) is 4.31. The van der Waals surface area contributed by atoms with Gasteiger partial charge in [0.2, 0.25) is 0 Å². The molecular weight excluding hydrogens is 394 g/mol. The molecule has 0 fully saturated rings. The van der Waals surface area contributed by atoms with E-state index in [-0.39, 0.29) is 0 Å². The number of hydrogen-bond donors (Lipinski definition) is 1. The van der Waals surface area contributed by atoms with Crippen molar-refractivity contribution < 1.29 is 14.6 Å². The van der Waals surface area contributed by atoms with Crippen LogP contribution in [0.1, 0.15) is 43.0 Å². The Morgan fingerprint density at radius 2 is 1.70 bits per heavy atom. The number of benzene rings is 3. The van der Waals surface area contributed by atoms with E-state index in [0.717, 1.165) is 45.6 Å². The van der Waals surface area contributed by atoms with Gasteiger partial charge in [-0.05, 0) is 61.0 Å². The highest BCUT2D eigenvalue weighted by Gasteiger charge is 2.25. The fourth-order valence-electron chi connectivity index (χ4n) is 3.58. The van der Waals surface area contributed by atoms with Crippen LogP contribution in [-0.4, -0.2) is 17.7 Å². The van der Waals surface area contributed by atoms with Crippen molar-refractivity contribution in [3.05, 3.63) is 72.3 Å². The number of aromatic carboxylic acids is 1. The van der Waals surface area contributed by atoms with E-state index in [1.807, 2.05) is 30.3 Å². The first-order valence-electron chi connectivity index (χ1n) is 10.3. The molecule has 3 aromatic rings. The van der Waals surface area contributed by atoms with Crippen LogP contribution in [0.5, 0.6) is 5.75 Å². The smallest absolute Gasteiger partial charge is 0.335 e. The van der Waals surface area contributed by atoms with Crippen LogP contribution in [0.2, 0.25) is 0 Å². The molecule has 0 amide bonds. The van der Waals surface area contributed by atoms with Gasteiger partial charge in [-0.3, -0.25) is 0 Å². The monoisotopic (exact) mass is 419 g/mol. The molecule has 154 valence electrons. The predicted molar refractivity (Wildman–Crippen MR) is 122 cm³/mol. The molecular formula is C25H25NO3S. The summed E-state index contributed by atoms with van der Waals surface area (Å²) in [6.07, 6.45) is 4.74. The zero-order valence-corrected chi connectivity index (χ0v) is 17.8. The van der Waals surface area contributed by atoms with Crippen LogP contribution >= 0.6 is 11.8 Å². The normalized spacial score (nSPS) is 12.2. The quantitative estimate of drug-likeness (QED) is 0.304. The van der Waals surface area contributed by atoms with E-state index in [1.165, 1.54) is 19.3 Å². The number of anilines is 3. The minimum atomic E-state index is -0.913. The second-order valence-corrected chi connectivity index (χ2v) is 8.38. The number of carboxylic acids is 1. The first-order chi connectivity index (χ1) is 14.7. The lowest BCUT2D eigenvalue weighted by molar-refractivity contribution is 0.0696. The lowest BCUT2D eigenvalue weighted by atomic mass is 10.1. The number of hydrogen-bond acceptors (Lipinski definition) is 4. The van der Waals surface area contributed by atoms with E-state index in [0.29, 0.717) is 5.56 Å². The van der Waals surface area contributed by atoms with E-state index >= 15 is 0 Å². The van der Waals surface area contributed by atoms with Gasteiger partial charge in [0.25, 0.3) is 0 Å². The summed E-state index contributed by atoms with van der Waals surface area (Å²) < 4.78 is 5.89. The maximum atomic E-state index is 11.4. The summed E-state index contributed by atoms with van der Waals surface area (Å²) in [6.45, 7) is 2.95. The summed E-state index contributed by atoms with van der Waals surface area (Å²) in [5, 5.41) is 9.38. The van der Waals surface area contributed by atoms with Crippen molar-refractivity contribution in [3.8, 4) is 5.75 Å². The van der Waals surface area contributed by atoms with E-state index in [1.54, 1.807) is 23.9 Å². The van der Waals surface area contributed by atoms with Crippen LogP contribution in [0, 0.1) is 0 Å². The number of carboxylic acid groups (broad SMARTS) is 1. The van der Waals surface area contributed by atoms with Crippen molar-refractivity contribution >= 4 is 34.8 Å². The molecule has 1 heterocycles. The number of ether oxygens (including phenoxy) is 1. The molecule has 4 nitrogen and oxygen atoms in total. The van der Waals surface area contributed by atoms with Gasteiger partial charge in [-0.1, -0.05) is 50.1 Å². The fourth-order valence-corrected chi connectivity index (χ4v) is 4.68. The number of carbonyl (C=O) groups is 1. The highest BCUT2D eigenvalue weighted by Crippen LogP contribution is 2.51. The molecule has 0 aliphatic carbocycles. The Balaban J connectivity index is 1.61. The molecule has 30 heavy (non-hydrogen) atoms. The van der Waals surface area contributed by atoms with Crippen LogP contribution < -0.4 is 9.64 Å². The minimum absolute atomic E-state index is 0.299. The maximum Gasteiger partial charge on any atom is 0.335 e. The average molecular weight is 420 g/mol. The molecule has 4 rings (SSSR count). The van der Waals surface area contributed by atoms with Crippen molar-refractivity contribution in [2.24, 2.45) is 0 Å². The molecule has 0 atom stereocenters. The zero-order chi connectivity index (χ0) is 20.9. The van der Waals surface area contributed by atoms with Gasteiger partial charge in [0.15, 0.2) is 0 Å². The molecule has 0 spiro atoms. The van der Waals surface area contributed by atoms with Crippen molar-refractivity contribution in [2.45, 2.75) is 42.4 Å². The van der Waals surface area contributed by atoms with Crippen LogP contribution in [0.3, 0.4) is 0 Å². The van der Waals surface area contributed by atoms with Crippen LogP contribution in [-0.2, 0) is 0 Å². The summed E-state index contributed by atoms with van der Waals surface area (Å²) in [4.78, 5) is 15.6. The predicted octanol–water partition coefficient (Wildman–Crippen LogP) is 7.28. The molecule has 5 heteroatoms. The summed E-state index contributed by atoms with van der Waals surface area (Å²) in [7, 11) is 0. The van der Waals surface area contributed by atoms with E-state index in [2.05, 4.69) is 36.1 Å². The largest absolute Gasteiger partial charge is 0.494 e. The Bertz CT molecular complexity index is 1030. The lowest BCUT2D eigenvalue weighted by Gasteiger charge is -2.33. The Kier molecular flexibility index (Phi) is 6.29. The molecule has 0 radical (unpaired) electrons. The maximum absolute atomic E-state index is 11.4. The number of fused-ring (bicyclic) bond motifs is 2. The highest BCUT2D eigenvalue weighted by atomic mass is 32.2. The number of nitrogens with zero attached hydrogens (tertiary/aromatic N) is 1. The average Bonchev–Trinajstić information content (AvgIpc) is 2.77. The van der Waals surface area contributed by atoms with Gasteiger partial charge in [-0.25, -0.2) is 4.79 Å². The third-order valence-electron chi connectivity index (χ3n) is 5.14. The molecule has 0 saturated heterocycles. The Morgan fingerprint density at radius 3 is 2.47 bits per heavy atom. The zero-order valence-electron chi connectivity index (χ0n) is 17.0. The Morgan fingerprint density at radius 1 is 0.933 bits per heavy atom. The van der Waals surface area contributed by atoms with E-state index in [9.17, 15) is 9.90 Å². The molecule has 0 unspecified atom stereocenters. The number of rotatable bonds is 8. The molecule has 1 aliphatic rings. The van der Waals surface area contributed by atoms with Crippen LogP contribution in [0.15, 0.2) is 76.5 Å². The Hall–Kier alpha value is -2.92. The lowest BCUT2D eigenvalue weighted by Crippen LogP contribution is -2.15. The standard InChI is InChI=1S/C25H25NO3S/c1-2-3-4-7-16-29-20-13-11-19(12-14-20)26-21-8-5-6-9-23(21)30-24-17-18(25(27)28)10-15-22(24)26/h5-6,8-15,17H,2-4,7,16H2,1H3,(H,27,28). The Labute approximate surface area is 181 Å². The summed E-state index contributed by atoms with van der Waals surface area (Å²) in [5.74, 6) is -0.0411. The molecule has 0 bridgehead atoms. The topological polar surface area (TPSA) is 49.8 Å². The van der Waals surface area contributed by atoms with Crippen LogP contribution in [0.4, 0.5) is 17.1 Å². The van der Waals surface area contributed by atoms with Gasteiger partial charge in [0, 0.05) is 15.5 Å². The molecule has 0 aromatic heterocycles. The highest BCUT2D eigenvalue weighted by molar-refractivity contribution is 7.99. The molecule has 1 aliphatic heterocycles. The second-order valence-electron chi connectivity index (χ2n) is 7.30. The van der Waals surface area contributed by atoms with Gasteiger partial charge in [-0.15, -0.1) is 0 Å². The molecule has 0 saturated carbocycles. The fraction of sp³-hybridized carbons (Fsp3) is 0.240. The van der Waals surface area contributed by atoms with Gasteiger partial charge in [0.1, 0.15) is 5.75 Å². The number of para-hydroxylation sites is 1. The second kappa shape index (κ2) is 9.26. The summed E-state index contributed by atoms with van der Waals surface area (Å²) in [6, 6.07) is 21.6. The van der Waals surface area contributed by atoms with Gasteiger partial charge in [0.05, 0.1) is 23.5 Å². The van der Waals surface area contributed by atoms with Crippen molar-refractivity contribution in [1.82, 2.24) is 0 Å². The van der Waals surface area contributed by atoms with E-state index < -0.39 is 5.97 Å².